The maximum atomic E-state index is 12.6. The molecule has 1 aromatic carbocycles. The summed E-state index contributed by atoms with van der Waals surface area (Å²) in [5, 5.41) is 6.44. The van der Waals surface area contributed by atoms with Crippen molar-refractivity contribution in [2.24, 2.45) is 0 Å². The molecule has 140 valence electrons. The van der Waals surface area contributed by atoms with Gasteiger partial charge in [0.1, 0.15) is 5.82 Å². The molecule has 2 aromatic heterocycles. The lowest BCUT2D eigenvalue weighted by molar-refractivity contribution is -0.156. The van der Waals surface area contributed by atoms with Crippen LogP contribution in [0.25, 0.3) is 11.5 Å². The topological polar surface area (TPSA) is 64.7 Å². The van der Waals surface area contributed by atoms with E-state index in [0.717, 1.165) is 19.3 Å². The molecule has 0 bridgehead atoms. The molecule has 1 saturated carbocycles. The lowest BCUT2D eigenvalue weighted by Gasteiger charge is -2.42. The van der Waals surface area contributed by atoms with Gasteiger partial charge in [-0.05, 0) is 25.3 Å². The van der Waals surface area contributed by atoms with Gasteiger partial charge in [0.05, 0.1) is 5.56 Å². The van der Waals surface area contributed by atoms with E-state index in [1.165, 1.54) is 23.5 Å². The Bertz CT molecular complexity index is 929. The minimum atomic E-state index is -4.67. The molecule has 27 heavy (non-hydrogen) atoms. The molecule has 0 N–H and O–H groups in total. The van der Waals surface area contributed by atoms with Crippen LogP contribution in [0.3, 0.4) is 0 Å². The highest BCUT2D eigenvalue weighted by molar-refractivity contribution is 5.48. The van der Waals surface area contributed by atoms with E-state index in [1.54, 1.807) is 0 Å². The molecule has 0 aliphatic heterocycles. The van der Waals surface area contributed by atoms with Crippen molar-refractivity contribution in [3.8, 4) is 11.5 Å². The van der Waals surface area contributed by atoms with Crippen molar-refractivity contribution in [1.29, 1.82) is 0 Å². The zero-order chi connectivity index (χ0) is 19.1. The second kappa shape index (κ2) is 6.44. The summed E-state index contributed by atoms with van der Waals surface area (Å²) in [6.07, 6.45) is 2.17. The lowest BCUT2D eigenvalue weighted by Crippen LogP contribution is -2.37. The maximum absolute atomic E-state index is 12.6. The Morgan fingerprint density at radius 1 is 1.04 bits per heavy atom. The van der Waals surface area contributed by atoms with Crippen LogP contribution < -0.4 is 0 Å². The Balaban J connectivity index is 1.54. The number of halogens is 3. The van der Waals surface area contributed by atoms with E-state index in [-0.39, 0.29) is 16.9 Å². The van der Waals surface area contributed by atoms with Gasteiger partial charge in [-0.2, -0.15) is 13.2 Å². The van der Waals surface area contributed by atoms with Crippen LogP contribution in [-0.2, 0) is 18.0 Å². The molecule has 4 rings (SSSR count). The minimum Gasteiger partial charge on any atom is -0.413 e. The largest absolute Gasteiger partial charge is 0.470 e. The Morgan fingerprint density at radius 2 is 1.70 bits per heavy atom. The average molecular weight is 374 g/mol. The van der Waals surface area contributed by atoms with E-state index < -0.39 is 12.1 Å². The van der Waals surface area contributed by atoms with Crippen LogP contribution in [-0.4, -0.2) is 20.2 Å². The summed E-state index contributed by atoms with van der Waals surface area (Å²) in [6.45, 7) is 2.06. The number of hydrogen-bond donors (Lipinski definition) is 0. The SMILES string of the molecule is Cc1ccc(C2(Cc3ncc(-c4nnc(C(F)(F)F)o4)cn3)CCC2)cc1. The van der Waals surface area contributed by atoms with Crippen molar-refractivity contribution in [2.45, 2.75) is 44.2 Å². The number of aromatic nitrogens is 4. The zero-order valence-electron chi connectivity index (χ0n) is 14.6. The molecule has 0 unspecified atom stereocenters. The second-order valence-corrected chi connectivity index (χ2v) is 6.97. The molecule has 0 amide bonds. The van der Waals surface area contributed by atoms with Gasteiger partial charge in [0.2, 0.25) is 0 Å². The standard InChI is InChI=1S/C19H17F3N4O/c1-12-3-5-14(6-4-12)18(7-2-8-18)9-15-23-10-13(11-24-15)16-25-26-17(27-16)19(20,21)22/h3-6,10-11H,2,7-9H2,1H3. The molecule has 0 atom stereocenters. The van der Waals surface area contributed by atoms with Gasteiger partial charge in [0, 0.05) is 24.2 Å². The first-order chi connectivity index (χ1) is 12.9. The van der Waals surface area contributed by atoms with Crippen LogP contribution in [0, 0.1) is 6.92 Å². The van der Waals surface area contributed by atoms with Gasteiger partial charge in [0.15, 0.2) is 0 Å². The van der Waals surface area contributed by atoms with E-state index >= 15 is 0 Å². The third-order valence-electron chi connectivity index (χ3n) is 5.09. The molecule has 3 aromatic rings. The van der Waals surface area contributed by atoms with Crippen molar-refractivity contribution in [3.05, 3.63) is 59.5 Å². The summed E-state index contributed by atoms with van der Waals surface area (Å²) >= 11 is 0. The Kier molecular flexibility index (Phi) is 4.20. The first-order valence-corrected chi connectivity index (χ1v) is 8.65. The van der Waals surface area contributed by atoms with Crippen molar-refractivity contribution in [3.63, 3.8) is 0 Å². The molecule has 5 nitrogen and oxygen atoms in total. The summed E-state index contributed by atoms with van der Waals surface area (Å²) in [4.78, 5) is 8.63. The van der Waals surface area contributed by atoms with Crippen LogP contribution in [0.15, 0.2) is 41.1 Å². The van der Waals surface area contributed by atoms with E-state index in [9.17, 15) is 13.2 Å². The Morgan fingerprint density at radius 3 is 2.22 bits per heavy atom. The molecular formula is C19H17F3N4O. The average Bonchev–Trinajstić information content (AvgIpc) is 3.10. The lowest BCUT2D eigenvalue weighted by atomic mass is 9.62. The number of benzene rings is 1. The molecule has 1 aliphatic carbocycles. The fourth-order valence-corrected chi connectivity index (χ4v) is 3.39. The van der Waals surface area contributed by atoms with Crippen molar-refractivity contribution < 1.29 is 17.6 Å². The van der Waals surface area contributed by atoms with Gasteiger partial charge < -0.3 is 4.42 Å². The minimum absolute atomic E-state index is 0.0309. The maximum Gasteiger partial charge on any atom is 0.470 e. The van der Waals surface area contributed by atoms with Crippen molar-refractivity contribution in [1.82, 2.24) is 20.2 Å². The van der Waals surface area contributed by atoms with Gasteiger partial charge in [0.25, 0.3) is 5.89 Å². The highest BCUT2D eigenvalue weighted by Gasteiger charge is 2.40. The fraction of sp³-hybridized carbons (Fsp3) is 0.368. The van der Waals surface area contributed by atoms with Gasteiger partial charge in [-0.15, -0.1) is 10.2 Å². The summed E-state index contributed by atoms with van der Waals surface area (Å²) in [5.74, 6) is -0.977. The number of rotatable bonds is 4. The van der Waals surface area contributed by atoms with Crippen LogP contribution in [0.2, 0.25) is 0 Å². The van der Waals surface area contributed by atoms with Crippen molar-refractivity contribution >= 4 is 0 Å². The molecule has 2 heterocycles. The predicted octanol–water partition coefficient (Wildman–Crippen LogP) is 4.52. The highest BCUT2D eigenvalue weighted by atomic mass is 19.4. The quantitative estimate of drug-likeness (QED) is 0.672. The highest BCUT2D eigenvalue weighted by Crippen LogP contribution is 2.45. The van der Waals surface area contributed by atoms with E-state index in [0.29, 0.717) is 12.2 Å². The van der Waals surface area contributed by atoms with E-state index in [2.05, 4.69) is 55.8 Å². The fourth-order valence-electron chi connectivity index (χ4n) is 3.39. The second-order valence-electron chi connectivity index (χ2n) is 6.97. The molecule has 1 aliphatic rings. The third kappa shape index (κ3) is 3.43. The van der Waals surface area contributed by atoms with Crippen LogP contribution in [0.5, 0.6) is 0 Å². The Labute approximate surface area is 153 Å². The Hall–Kier alpha value is -2.77. The monoisotopic (exact) mass is 374 g/mol. The summed E-state index contributed by atoms with van der Waals surface area (Å²) in [7, 11) is 0. The van der Waals surface area contributed by atoms with Gasteiger partial charge in [-0.1, -0.05) is 36.2 Å². The van der Waals surface area contributed by atoms with E-state index in [4.69, 9.17) is 0 Å². The van der Waals surface area contributed by atoms with Crippen LogP contribution >= 0.6 is 0 Å². The molecule has 0 spiro atoms. The zero-order valence-corrected chi connectivity index (χ0v) is 14.6. The molecule has 1 fully saturated rings. The number of aryl methyl sites for hydroxylation is 1. The predicted molar refractivity (Wildman–Crippen MR) is 90.7 cm³/mol. The van der Waals surface area contributed by atoms with E-state index in [1.807, 2.05) is 0 Å². The normalized spacial score (nSPS) is 16.1. The molecule has 0 saturated heterocycles. The van der Waals surface area contributed by atoms with Gasteiger partial charge in [-0.3, -0.25) is 0 Å². The summed E-state index contributed by atoms with van der Waals surface area (Å²) in [6, 6.07) is 8.51. The summed E-state index contributed by atoms with van der Waals surface area (Å²) < 4.78 is 42.4. The molecule has 0 radical (unpaired) electrons. The molecule has 8 heteroatoms. The van der Waals surface area contributed by atoms with Gasteiger partial charge >= 0.3 is 12.1 Å². The number of nitrogens with zero attached hydrogens (tertiary/aromatic N) is 4. The molecular weight excluding hydrogens is 357 g/mol. The number of alkyl halides is 3. The summed E-state index contributed by atoms with van der Waals surface area (Å²) in [5.41, 5.74) is 2.79. The first-order valence-electron chi connectivity index (χ1n) is 8.65. The smallest absolute Gasteiger partial charge is 0.413 e. The number of hydrogen-bond acceptors (Lipinski definition) is 5. The third-order valence-corrected chi connectivity index (χ3v) is 5.09. The van der Waals surface area contributed by atoms with Gasteiger partial charge in [-0.25, -0.2) is 9.97 Å². The van der Waals surface area contributed by atoms with Crippen LogP contribution in [0.1, 0.15) is 42.1 Å². The first kappa shape index (κ1) is 17.6. The van der Waals surface area contributed by atoms with Crippen molar-refractivity contribution in [2.75, 3.05) is 0 Å². The van der Waals surface area contributed by atoms with Crippen LogP contribution in [0.4, 0.5) is 13.2 Å².